The second kappa shape index (κ2) is 5.65. The Labute approximate surface area is 64.9 Å². The molecule has 0 rings (SSSR count). The Balaban J connectivity index is 3.37. The van der Waals surface area contributed by atoms with Crippen LogP contribution in [0.25, 0.3) is 0 Å². The molecule has 60 valence electrons. The summed E-state index contributed by atoms with van der Waals surface area (Å²) in [5.74, 6) is -0.271. The lowest BCUT2D eigenvalue weighted by Crippen LogP contribution is -2.17. The Hall–Kier alpha value is -0.120. The van der Waals surface area contributed by atoms with Gasteiger partial charge in [0.05, 0.1) is 12.3 Å². The maximum absolute atomic E-state index is 10.5. The summed E-state index contributed by atoms with van der Waals surface area (Å²) < 4.78 is 4.69. The van der Waals surface area contributed by atoms with Gasteiger partial charge in [-0.3, -0.25) is 4.79 Å². The highest BCUT2D eigenvalue weighted by Crippen LogP contribution is 1.96. The Kier molecular flexibility index (Phi) is 5.58. The fourth-order valence-corrected chi connectivity index (χ4v) is 0.610. The molecule has 4 heteroatoms. The number of carbonyl (C=O) groups excluding carboxylic acids is 1. The molecule has 0 saturated heterocycles. The molecule has 1 N–H and O–H groups in total. The average molecular weight is 167 g/mol. The Morgan fingerprint density at radius 2 is 2.40 bits per heavy atom. The highest BCUT2D eigenvalue weighted by atomic mass is 35.5. The molecular formula is C6H11ClO3. The lowest BCUT2D eigenvalue weighted by Gasteiger charge is -2.07. The van der Waals surface area contributed by atoms with E-state index in [0.717, 1.165) is 0 Å². The van der Waals surface area contributed by atoms with Gasteiger partial charge in [0.15, 0.2) is 12.1 Å². The van der Waals surface area contributed by atoms with Crippen LogP contribution in [0.5, 0.6) is 0 Å². The van der Waals surface area contributed by atoms with E-state index in [2.05, 4.69) is 0 Å². The van der Waals surface area contributed by atoms with Gasteiger partial charge in [-0.05, 0) is 6.92 Å². The number of ether oxygens (including phenoxy) is 1. The summed E-state index contributed by atoms with van der Waals surface area (Å²) >= 11 is 5.18. The zero-order valence-corrected chi connectivity index (χ0v) is 6.60. The van der Waals surface area contributed by atoms with Crippen LogP contribution in [-0.4, -0.2) is 29.7 Å². The van der Waals surface area contributed by atoms with Crippen molar-refractivity contribution in [1.29, 1.82) is 0 Å². The first-order valence-electron chi connectivity index (χ1n) is 3.08. The number of hydrogen-bond donors (Lipinski definition) is 1. The van der Waals surface area contributed by atoms with E-state index in [1.54, 1.807) is 6.92 Å². The summed E-state index contributed by atoms with van der Waals surface area (Å²) in [7, 11) is 0. The van der Waals surface area contributed by atoms with Crippen LogP contribution >= 0.6 is 11.6 Å². The van der Waals surface area contributed by atoms with Crippen molar-refractivity contribution in [2.24, 2.45) is 0 Å². The molecule has 10 heavy (non-hydrogen) atoms. The summed E-state index contributed by atoms with van der Waals surface area (Å²) in [6, 6.07) is 0. The van der Waals surface area contributed by atoms with E-state index in [1.165, 1.54) is 0 Å². The molecule has 0 aliphatic heterocycles. The van der Waals surface area contributed by atoms with Crippen LogP contribution in [0.1, 0.15) is 13.3 Å². The highest BCUT2D eigenvalue weighted by Gasteiger charge is 2.08. The fourth-order valence-electron chi connectivity index (χ4n) is 0.501. The van der Waals surface area contributed by atoms with Crippen molar-refractivity contribution >= 4 is 17.4 Å². The number of ketones is 1. The summed E-state index contributed by atoms with van der Waals surface area (Å²) in [5, 5.41) is 8.85. The van der Waals surface area contributed by atoms with E-state index in [-0.39, 0.29) is 18.1 Å². The van der Waals surface area contributed by atoms with Gasteiger partial charge in [-0.2, -0.15) is 0 Å². The first-order chi connectivity index (χ1) is 4.70. The molecule has 0 aromatic rings. The highest BCUT2D eigenvalue weighted by molar-refractivity contribution is 6.27. The predicted molar refractivity (Wildman–Crippen MR) is 38.0 cm³/mol. The van der Waals surface area contributed by atoms with Gasteiger partial charge in [0, 0.05) is 6.61 Å². The van der Waals surface area contributed by atoms with Crippen molar-refractivity contribution in [2.75, 3.05) is 12.5 Å². The van der Waals surface area contributed by atoms with Crippen LogP contribution < -0.4 is 0 Å². The van der Waals surface area contributed by atoms with E-state index in [0.29, 0.717) is 6.61 Å². The van der Waals surface area contributed by atoms with Crippen LogP contribution in [0.4, 0.5) is 0 Å². The largest absolute Gasteiger partial charge is 0.368 e. The molecule has 0 bridgehead atoms. The van der Waals surface area contributed by atoms with Crippen molar-refractivity contribution in [3.63, 3.8) is 0 Å². The molecule has 3 nitrogen and oxygen atoms in total. The number of rotatable bonds is 5. The molecule has 0 amide bonds. The van der Waals surface area contributed by atoms with Gasteiger partial charge in [-0.15, -0.1) is 11.6 Å². The van der Waals surface area contributed by atoms with Crippen LogP contribution in [0.3, 0.4) is 0 Å². The van der Waals surface area contributed by atoms with Gasteiger partial charge in [0.1, 0.15) is 0 Å². The maximum Gasteiger partial charge on any atom is 0.161 e. The maximum atomic E-state index is 10.5. The minimum atomic E-state index is -0.990. The van der Waals surface area contributed by atoms with Crippen LogP contribution in [0.2, 0.25) is 0 Å². The first-order valence-corrected chi connectivity index (χ1v) is 3.61. The van der Waals surface area contributed by atoms with Crippen molar-refractivity contribution in [3.8, 4) is 0 Å². The summed E-state index contributed by atoms with van der Waals surface area (Å²) in [5.41, 5.74) is 0. The molecule has 0 aliphatic carbocycles. The average Bonchev–Trinajstić information content (AvgIpc) is 1.88. The summed E-state index contributed by atoms with van der Waals surface area (Å²) in [4.78, 5) is 10.5. The first kappa shape index (κ1) is 9.88. The second-order valence-electron chi connectivity index (χ2n) is 1.79. The second-order valence-corrected chi connectivity index (χ2v) is 2.05. The molecule has 0 saturated carbocycles. The van der Waals surface area contributed by atoms with Gasteiger partial charge in [0.2, 0.25) is 0 Å². The van der Waals surface area contributed by atoms with Crippen molar-refractivity contribution in [3.05, 3.63) is 0 Å². The monoisotopic (exact) mass is 166 g/mol. The molecule has 0 spiro atoms. The molecule has 0 aromatic carbocycles. The third-order valence-corrected chi connectivity index (χ3v) is 1.21. The summed E-state index contributed by atoms with van der Waals surface area (Å²) in [6.45, 7) is 2.14. The van der Waals surface area contributed by atoms with Gasteiger partial charge in [-0.1, -0.05) is 0 Å². The number of aliphatic hydroxyl groups excluding tert-OH is 1. The smallest absolute Gasteiger partial charge is 0.161 e. The Morgan fingerprint density at radius 1 is 1.80 bits per heavy atom. The number of aliphatic hydroxyl groups is 1. The predicted octanol–water partition coefficient (Wildman–Crippen LogP) is 0.539. The third kappa shape index (κ3) is 4.73. The Bertz CT molecular complexity index is 105. The summed E-state index contributed by atoms with van der Waals surface area (Å²) in [6.07, 6.45) is -1.01. The molecule has 0 fully saturated rings. The number of hydrogen-bond acceptors (Lipinski definition) is 3. The molecule has 0 unspecified atom stereocenters. The quantitative estimate of drug-likeness (QED) is 0.479. The van der Waals surface area contributed by atoms with Crippen molar-refractivity contribution in [2.45, 2.75) is 19.6 Å². The van der Waals surface area contributed by atoms with Gasteiger partial charge >= 0.3 is 0 Å². The van der Waals surface area contributed by atoms with Crippen molar-refractivity contribution in [1.82, 2.24) is 0 Å². The minimum absolute atomic E-state index is 0.0165. The van der Waals surface area contributed by atoms with Gasteiger partial charge in [0.25, 0.3) is 0 Å². The molecule has 0 radical (unpaired) electrons. The number of carbonyl (C=O) groups is 1. The molecule has 0 heterocycles. The van der Waals surface area contributed by atoms with Gasteiger partial charge in [-0.25, -0.2) is 0 Å². The number of Topliss-reactive ketones (excluding diaryl/α,β-unsaturated/α-hetero) is 1. The molecular weight excluding hydrogens is 156 g/mol. The topological polar surface area (TPSA) is 46.5 Å². The number of halogens is 1. The zero-order valence-electron chi connectivity index (χ0n) is 5.84. The van der Waals surface area contributed by atoms with E-state index in [9.17, 15) is 4.79 Å². The lowest BCUT2D eigenvalue weighted by atomic mass is 10.3. The lowest BCUT2D eigenvalue weighted by molar-refractivity contribution is -0.133. The molecule has 1 atom stereocenters. The third-order valence-electron chi connectivity index (χ3n) is 0.910. The standard InChI is InChI=1S/C6H11ClO3/c1-2-10-6(9)3-5(8)4-7/h6,9H,2-4H2,1H3/t6-/m1/s1. The SMILES string of the molecule is CCO[C@@H](O)CC(=O)CCl. The van der Waals surface area contributed by atoms with E-state index in [4.69, 9.17) is 21.4 Å². The number of alkyl halides is 1. The molecule has 0 aliphatic rings. The van der Waals surface area contributed by atoms with E-state index < -0.39 is 6.29 Å². The Morgan fingerprint density at radius 3 is 2.80 bits per heavy atom. The van der Waals surface area contributed by atoms with Crippen LogP contribution in [-0.2, 0) is 9.53 Å². The molecule has 0 aromatic heterocycles. The van der Waals surface area contributed by atoms with Crippen molar-refractivity contribution < 1.29 is 14.6 Å². The van der Waals surface area contributed by atoms with Crippen LogP contribution in [0, 0.1) is 0 Å². The van der Waals surface area contributed by atoms with Gasteiger partial charge < -0.3 is 9.84 Å². The van der Waals surface area contributed by atoms with Crippen LogP contribution in [0.15, 0.2) is 0 Å². The normalized spacial score (nSPS) is 13.1. The zero-order chi connectivity index (χ0) is 7.98. The van der Waals surface area contributed by atoms with E-state index >= 15 is 0 Å². The minimum Gasteiger partial charge on any atom is -0.368 e. The van der Waals surface area contributed by atoms with E-state index in [1.807, 2.05) is 0 Å². The fraction of sp³-hybridized carbons (Fsp3) is 0.833.